The third-order valence-electron chi connectivity index (χ3n) is 3.90. The highest BCUT2D eigenvalue weighted by Crippen LogP contribution is 2.40. The van der Waals surface area contributed by atoms with Crippen molar-refractivity contribution in [3.63, 3.8) is 0 Å². The maximum atomic E-state index is 13.0. The molecule has 2 N–H and O–H groups in total. The van der Waals surface area contributed by atoms with Crippen molar-refractivity contribution in [2.45, 2.75) is 38.4 Å². The number of hydrogen-bond acceptors (Lipinski definition) is 2. The van der Waals surface area contributed by atoms with E-state index in [1.54, 1.807) is 0 Å². The van der Waals surface area contributed by atoms with Gasteiger partial charge >= 0.3 is 6.18 Å². The maximum absolute atomic E-state index is 13.0. The molecule has 6 heteroatoms. The van der Waals surface area contributed by atoms with Gasteiger partial charge in [0.05, 0.1) is 16.8 Å². The molecule has 1 aliphatic rings. The fraction of sp³-hybridized carbons (Fsp3) is 0.533. The van der Waals surface area contributed by atoms with Crippen LogP contribution in [0.4, 0.5) is 18.9 Å². The standard InChI is InChI=1S/C15H19F3N2O/c1-14(2,9-7-8-9)20-13(21)10-5-4-6-11(12(10)19-3)15(16,17)18/h4-6,9,19H,7-8H2,1-3H3,(H,20,21). The first kappa shape index (κ1) is 15.7. The SMILES string of the molecule is CNc1c(C(=O)NC(C)(C)C2CC2)cccc1C(F)(F)F. The van der Waals surface area contributed by atoms with Crippen molar-refractivity contribution in [3.05, 3.63) is 29.3 Å². The number of benzene rings is 1. The van der Waals surface area contributed by atoms with Gasteiger partial charge in [-0.25, -0.2) is 0 Å². The molecule has 0 aliphatic heterocycles. The topological polar surface area (TPSA) is 41.1 Å². The molecule has 1 saturated carbocycles. The molecule has 0 radical (unpaired) electrons. The summed E-state index contributed by atoms with van der Waals surface area (Å²) in [7, 11) is 1.38. The Kier molecular flexibility index (Phi) is 3.91. The van der Waals surface area contributed by atoms with E-state index in [2.05, 4.69) is 10.6 Å². The number of amides is 1. The van der Waals surface area contributed by atoms with Crippen LogP contribution in [0.25, 0.3) is 0 Å². The van der Waals surface area contributed by atoms with Crippen LogP contribution >= 0.6 is 0 Å². The lowest BCUT2D eigenvalue weighted by atomic mass is 9.97. The number of rotatable bonds is 4. The number of hydrogen-bond donors (Lipinski definition) is 2. The third-order valence-corrected chi connectivity index (χ3v) is 3.90. The summed E-state index contributed by atoms with van der Waals surface area (Å²) in [4.78, 5) is 12.3. The summed E-state index contributed by atoms with van der Waals surface area (Å²) in [6, 6.07) is 3.62. The molecular weight excluding hydrogens is 281 g/mol. The zero-order valence-electron chi connectivity index (χ0n) is 12.3. The molecule has 1 amide bonds. The van der Waals surface area contributed by atoms with E-state index in [4.69, 9.17) is 0 Å². The number of carbonyl (C=O) groups is 1. The second-order valence-electron chi connectivity index (χ2n) is 5.93. The first-order chi connectivity index (χ1) is 9.66. The third kappa shape index (κ3) is 3.31. The van der Waals surface area contributed by atoms with E-state index in [0.29, 0.717) is 5.92 Å². The van der Waals surface area contributed by atoms with Crippen LogP contribution in [0.15, 0.2) is 18.2 Å². The summed E-state index contributed by atoms with van der Waals surface area (Å²) >= 11 is 0. The smallest absolute Gasteiger partial charge is 0.387 e. The van der Waals surface area contributed by atoms with Crippen LogP contribution in [0.3, 0.4) is 0 Å². The molecule has 1 aliphatic carbocycles. The molecular formula is C15H19F3N2O. The van der Waals surface area contributed by atoms with Crippen LogP contribution in [0.5, 0.6) is 0 Å². The zero-order valence-corrected chi connectivity index (χ0v) is 12.3. The van der Waals surface area contributed by atoms with E-state index in [0.717, 1.165) is 18.9 Å². The molecule has 116 valence electrons. The Morgan fingerprint density at radius 3 is 2.33 bits per heavy atom. The molecule has 0 unspecified atom stereocenters. The number of halogens is 3. The molecule has 0 heterocycles. The summed E-state index contributed by atoms with van der Waals surface area (Å²) in [6.45, 7) is 3.80. The van der Waals surface area contributed by atoms with Gasteiger partial charge in [-0.3, -0.25) is 4.79 Å². The Balaban J connectivity index is 2.33. The van der Waals surface area contributed by atoms with E-state index in [-0.39, 0.29) is 11.3 Å². The Morgan fingerprint density at radius 2 is 1.86 bits per heavy atom. The fourth-order valence-electron chi connectivity index (χ4n) is 2.51. The monoisotopic (exact) mass is 300 g/mol. The van der Waals surface area contributed by atoms with Crippen molar-refractivity contribution >= 4 is 11.6 Å². The molecule has 0 atom stereocenters. The molecule has 3 nitrogen and oxygen atoms in total. The molecule has 1 fully saturated rings. The predicted octanol–water partition coefficient (Wildman–Crippen LogP) is 3.67. The van der Waals surface area contributed by atoms with Crippen LogP contribution in [0, 0.1) is 5.92 Å². The van der Waals surface area contributed by atoms with Crippen LogP contribution in [-0.4, -0.2) is 18.5 Å². The highest BCUT2D eigenvalue weighted by molar-refractivity contribution is 6.00. The summed E-state index contributed by atoms with van der Waals surface area (Å²) in [5.74, 6) is -0.0902. The molecule has 21 heavy (non-hydrogen) atoms. The molecule has 0 aromatic heterocycles. The van der Waals surface area contributed by atoms with E-state index in [1.807, 2.05) is 13.8 Å². The second-order valence-corrected chi connectivity index (χ2v) is 5.93. The molecule has 0 saturated heterocycles. The van der Waals surface area contributed by atoms with Crippen molar-refractivity contribution in [2.75, 3.05) is 12.4 Å². The van der Waals surface area contributed by atoms with E-state index in [1.165, 1.54) is 19.2 Å². The van der Waals surface area contributed by atoms with Crippen LogP contribution in [-0.2, 0) is 6.18 Å². The Bertz CT molecular complexity index is 548. The minimum atomic E-state index is -4.50. The lowest BCUT2D eigenvalue weighted by Gasteiger charge is -2.27. The van der Waals surface area contributed by atoms with Gasteiger partial charge < -0.3 is 10.6 Å². The quantitative estimate of drug-likeness (QED) is 0.891. The van der Waals surface area contributed by atoms with Crippen molar-refractivity contribution < 1.29 is 18.0 Å². The van der Waals surface area contributed by atoms with Gasteiger partial charge in [0.1, 0.15) is 0 Å². The molecule has 1 aromatic carbocycles. The van der Waals surface area contributed by atoms with Crippen LogP contribution in [0.2, 0.25) is 0 Å². The van der Waals surface area contributed by atoms with Crippen molar-refractivity contribution in [3.8, 4) is 0 Å². The normalized spacial score (nSPS) is 15.7. The fourth-order valence-corrected chi connectivity index (χ4v) is 2.51. The van der Waals surface area contributed by atoms with Gasteiger partial charge in [-0.1, -0.05) is 6.07 Å². The Labute approximate surface area is 121 Å². The average molecular weight is 300 g/mol. The Hall–Kier alpha value is -1.72. The predicted molar refractivity (Wildman–Crippen MR) is 75.3 cm³/mol. The largest absolute Gasteiger partial charge is 0.418 e. The summed E-state index contributed by atoms with van der Waals surface area (Å²) in [5.41, 5.74) is -1.41. The maximum Gasteiger partial charge on any atom is 0.418 e. The summed E-state index contributed by atoms with van der Waals surface area (Å²) < 4.78 is 38.9. The molecule has 1 aromatic rings. The van der Waals surface area contributed by atoms with E-state index < -0.39 is 23.2 Å². The number of carbonyl (C=O) groups excluding carboxylic acids is 1. The number of nitrogens with one attached hydrogen (secondary N) is 2. The second kappa shape index (κ2) is 5.24. The van der Waals surface area contributed by atoms with Gasteiger partial charge in [-0.05, 0) is 44.7 Å². The minimum Gasteiger partial charge on any atom is -0.387 e. The Morgan fingerprint density at radius 1 is 1.24 bits per heavy atom. The lowest BCUT2D eigenvalue weighted by molar-refractivity contribution is -0.136. The van der Waals surface area contributed by atoms with Crippen molar-refractivity contribution in [2.24, 2.45) is 5.92 Å². The molecule has 0 bridgehead atoms. The van der Waals surface area contributed by atoms with E-state index in [9.17, 15) is 18.0 Å². The van der Waals surface area contributed by atoms with Crippen LogP contribution in [0.1, 0.15) is 42.6 Å². The van der Waals surface area contributed by atoms with E-state index >= 15 is 0 Å². The van der Waals surface area contributed by atoms with Crippen molar-refractivity contribution in [1.82, 2.24) is 5.32 Å². The van der Waals surface area contributed by atoms with Crippen molar-refractivity contribution in [1.29, 1.82) is 0 Å². The number of anilines is 1. The summed E-state index contributed by atoms with van der Waals surface area (Å²) in [5, 5.41) is 5.34. The number of alkyl halides is 3. The average Bonchev–Trinajstić information content (AvgIpc) is 3.20. The van der Waals surface area contributed by atoms with Gasteiger partial charge in [0.2, 0.25) is 0 Å². The zero-order chi connectivity index (χ0) is 15.8. The van der Waals surface area contributed by atoms with Gasteiger partial charge in [-0.15, -0.1) is 0 Å². The molecule has 0 spiro atoms. The highest BCUT2D eigenvalue weighted by Gasteiger charge is 2.40. The van der Waals surface area contributed by atoms with Gasteiger partial charge in [-0.2, -0.15) is 13.2 Å². The number of para-hydroxylation sites is 1. The lowest BCUT2D eigenvalue weighted by Crippen LogP contribution is -2.45. The first-order valence-corrected chi connectivity index (χ1v) is 6.87. The highest BCUT2D eigenvalue weighted by atomic mass is 19.4. The van der Waals surface area contributed by atoms with Gasteiger partial charge in [0, 0.05) is 12.6 Å². The first-order valence-electron chi connectivity index (χ1n) is 6.87. The molecule has 2 rings (SSSR count). The minimum absolute atomic E-state index is 0.0149. The van der Waals surface area contributed by atoms with Gasteiger partial charge in [0.25, 0.3) is 5.91 Å². The van der Waals surface area contributed by atoms with Crippen LogP contribution < -0.4 is 10.6 Å². The summed E-state index contributed by atoms with van der Waals surface area (Å²) in [6.07, 6.45) is -2.43. The van der Waals surface area contributed by atoms with Gasteiger partial charge in [0.15, 0.2) is 0 Å².